The van der Waals surface area contributed by atoms with E-state index in [1.54, 1.807) is 0 Å². The number of aliphatic hydroxyl groups is 1. The first-order valence-electron chi connectivity index (χ1n) is 7.37. The van der Waals surface area contributed by atoms with Crippen molar-refractivity contribution >= 4 is 11.9 Å². The van der Waals surface area contributed by atoms with Crippen LogP contribution in [0.5, 0.6) is 0 Å². The summed E-state index contributed by atoms with van der Waals surface area (Å²) in [6, 6.07) is 7.21. The van der Waals surface area contributed by atoms with Gasteiger partial charge in [-0.25, -0.2) is 0 Å². The molecule has 0 unspecified atom stereocenters. The standard InChI is InChI=1S/C16H19NO4/c18-13-8-9-4-1-2-5-10(9)14(13)17-15(19)11-6-3-7-12(11)16(20)21/h1-2,4-5,11-14,18H,3,6-8H2,(H,17,19)(H,20,21)/t11-,12+,13-,14+/m1/s1. The second-order valence-electron chi connectivity index (χ2n) is 5.94. The van der Waals surface area contributed by atoms with E-state index in [0.717, 1.165) is 17.5 Å². The topological polar surface area (TPSA) is 86.6 Å². The highest BCUT2D eigenvalue weighted by Crippen LogP contribution is 2.35. The van der Waals surface area contributed by atoms with Gasteiger partial charge in [-0.3, -0.25) is 9.59 Å². The van der Waals surface area contributed by atoms with Crippen molar-refractivity contribution in [3.8, 4) is 0 Å². The number of aliphatic carboxylic acids is 1. The highest BCUT2D eigenvalue weighted by atomic mass is 16.4. The third-order valence-corrected chi connectivity index (χ3v) is 4.67. The van der Waals surface area contributed by atoms with Gasteiger partial charge in [0.05, 0.1) is 24.0 Å². The lowest BCUT2D eigenvalue weighted by atomic mass is 9.94. The van der Waals surface area contributed by atoms with Gasteiger partial charge in [-0.1, -0.05) is 30.7 Å². The van der Waals surface area contributed by atoms with Crippen molar-refractivity contribution in [2.24, 2.45) is 11.8 Å². The first-order chi connectivity index (χ1) is 10.1. The summed E-state index contributed by atoms with van der Waals surface area (Å²) in [6.07, 6.45) is 1.80. The van der Waals surface area contributed by atoms with Crippen LogP contribution in [0.3, 0.4) is 0 Å². The largest absolute Gasteiger partial charge is 0.481 e. The predicted molar refractivity (Wildman–Crippen MR) is 75.5 cm³/mol. The van der Waals surface area contributed by atoms with Gasteiger partial charge in [-0.15, -0.1) is 0 Å². The summed E-state index contributed by atoms with van der Waals surface area (Å²) in [6.45, 7) is 0. The van der Waals surface area contributed by atoms with E-state index in [-0.39, 0.29) is 5.91 Å². The van der Waals surface area contributed by atoms with Crippen LogP contribution in [-0.4, -0.2) is 28.2 Å². The van der Waals surface area contributed by atoms with Gasteiger partial charge in [-0.05, 0) is 24.0 Å². The number of hydrogen-bond donors (Lipinski definition) is 3. The van der Waals surface area contributed by atoms with Crippen molar-refractivity contribution in [3.05, 3.63) is 35.4 Å². The van der Waals surface area contributed by atoms with Gasteiger partial charge in [-0.2, -0.15) is 0 Å². The molecule has 1 amide bonds. The number of benzene rings is 1. The van der Waals surface area contributed by atoms with Crippen LogP contribution < -0.4 is 5.32 Å². The molecule has 1 fully saturated rings. The molecule has 0 aliphatic heterocycles. The lowest BCUT2D eigenvalue weighted by molar-refractivity contribution is -0.146. The molecular weight excluding hydrogens is 270 g/mol. The number of hydrogen-bond acceptors (Lipinski definition) is 3. The molecule has 0 radical (unpaired) electrons. The monoisotopic (exact) mass is 289 g/mol. The molecule has 0 aromatic heterocycles. The fourth-order valence-electron chi connectivity index (χ4n) is 3.58. The van der Waals surface area contributed by atoms with Crippen molar-refractivity contribution < 1.29 is 19.8 Å². The van der Waals surface area contributed by atoms with E-state index in [2.05, 4.69) is 5.32 Å². The number of rotatable bonds is 3. The number of amides is 1. The molecule has 0 heterocycles. The maximum atomic E-state index is 12.4. The minimum Gasteiger partial charge on any atom is -0.481 e. The first kappa shape index (κ1) is 14.1. The zero-order valence-electron chi connectivity index (χ0n) is 11.7. The molecule has 3 N–H and O–H groups in total. The summed E-state index contributed by atoms with van der Waals surface area (Å²) in [4.78, 5) is 23.6. The van der Waals surface area contributed by atoms with Gasteiger partial charge < -0.3 is 15.5 Å². The first-order valence-corrected chi connectivity index (χ1v) is 7.37. The van der Waals surface area contributed by atoms with E-state index < -0.39 is 30.0 Å². The Kier molecular flexibility index (Phi) is 3.68. The number of fused-ring (bicyclic) bond motifs is 1. The summed E-state index contributed by atoms with van der Waals surface area (Å²) >= 11 is 0. The average molecular weight is 289 g/mol. The SMILES string of the molecule is O=C(O)[C@H]1CCC[C@H]1C(=O)N[C@H]1c2ccccc2C[C@H]1O. The maximum Gasteiger partial charge on any atom is 0.307 e. The van der Waals surface area contributed by atoms with Gasteiger partial charge in [0.2, 0.25) is 5.91 Å². The summed E-state index contributed by atoms with van der Waals surface area (Å²) < 4.78 is 0. The Balaban J connectivity index is 1.75. The van der Waals surface area contributed by atoms with Crippen molar-refractivity contribution in [3.63, 3.8) is 0 Å². The minimum absolute atomic E-state index is 0.249. The van der Waals surface area contributed by atoms with E-state index in [4.69, 9.17) is 0 Å². The Morgan fingerprint density at radius 2 is 1.86 bits per heavy atom. The van der Waals surface area contributed by atoms with E-state index in [1.165, 1.54) is 0 Å². The van der Waals surface area contributed by atoms with E-state index in [9.17, 15) is 19.8 Å². The third kappa shape index (κ3) is 2.53. The zero-order valence-corrected chi connectivity index (χ0v) is 11.7. The van der Waals surface area contributed by atoms with Crippen molar-refractivity contribution in [2.75, 3.05) is 0 Å². The number of carbonyl (C=O) groups is 2. The Labute approximate surface area is 123 Å². The molecule has 1 aromatic rings. The molecule has 2 aliphatic rings. The number of aliphatic hydroxyl groups excluding tert-OH is 1. The third-order valence-electron chi connectivity index (χ3n) is 4.67. The Bertz CT molecular complexity index is 571. The average Bonchev–Trinajstić information content (AvgIpc) is 3.04. The van der Waals surface area contributed by atoms with Crippen molar-refractivity contribution in [1.29, 1.82) is 0 Å². The molecule has 4 atom stereocenters. The molecule has 1 saturated carbocycles. The molecule has 3 rings (SSSR count). The van der Waals surface area contributed by atoms with Crippen LogP contribution in [0.4, 0.5) is 0 Å². The van der Waals surface area contributed by atoms with Crippen molar-refractivity contribution in [2.45, 2.75) is 37.8 Å². The van der Waals surface area contributed by atoms with Gasteiger partial charge in [0.25, 0.3) is 0 Å². The van der Waals surface area contributed by atoms with Crippen LogP contribution >= 0.6 is 0 Å². The van der Waals surface area contributed by atoms with Gasteiger partial charge in [0.15, 0.2) is 0 Å². The predicted octanol–water partition coefficient (Wildman–Crippen LogP) is 1.26. The molecule has 2 aliphatic carbocycles. The Morgan fingerprint density at radius 3 is 2.62 bits per heavy atom. The van der Waals surface area contributed by atoms with Crippen LogP contribution in [-0.2, 0) is 16.0 Å². The fraction of sp³-hybridized carbons (Fsp3) is 0.500. The highest BCUT2D eigenvalue weighted by Gasteiger charge is 2.40. The second kappa shape index (κ2) is 5.48. The zero-order chi connectivity index (χ0) is 15.0. The smallest absolute Gasteiger partial charge is 0.307 e. The van der Waals surface area contributed by atoms with Crippen molar-refractivity contribution in [1.82, 2.24) is 5.32 Å². The van der Waals surface area contributed by atoms with Gasteiger partial charge >= 0.3 is 5.97 Å². The summed E-state index contributed by atoms with van der Waals surface area (Å²) in [7, 11) is 0. The van der Waals surface area contributed by atoms with Gasteiger partial charge in [0.1, 0.15) is 0 Å². The van der Waals surface area contributed by atoms with Crippen LogP contribution in [0.25, 0.3) is 0 Å². The lowest BCUT2D eigenvalue weighted by Gasteiger charge is -2.22. The summed E-state index contributed by atoms with van der Waals surface area (Å²) in [5.41, 5.74) is 1.97. The molecule has 0 saturated heterocycles. The van der Waals surface area contributed by atoms with Crippen LogP contribution in [0.15, 0.2) is 24.3 Å². The molecule has 5 nitrogen and oxygen atoms in total. The molecule has 0 spiro atoms. The normalized spacial score (nSPS) is 30.9. The lowest BCUT2D eigenvalue weighted by Crippen LogP contribution is -2.40. The molecule has 112 valence electrons. The number of nitrogens with one attached hydrogen (secondary N) is 1. The van der Waals surface area contributed by atoms with E-state index >= 15 is 0 Å². The second-order valence-corrected chi connectivity index (χ2v) is 5.94. The molecule has 21 heavy (non-hydrogen) atoms. The molecule has 5 heteroatoms. The maximum absolute atomic E-state index is 12.4. The molecule has 1 aromatic carbocycles. The minimum atomic E-state index is -0.903. The quantitative estimate of drug-likeness (QED) is 0.782. The van der Waals surface area contributed by atoms with Crippen LogP contribution in [0.2, 0.25) is 0 Å². The van der Waals surface area contributed by atoms with Crippen LogP contribution in [0.1, 0.15) is 36.4 Å². The van der Waals surface area contributed by atoms with Crippen LogP contribution in [0, 0.1) is 11.8 Å². The molecule has 0 bridgehead atoms. The highest BCUT2D eigenvalue weighted by molar-refractivity contribution is 5.85. The Hall–Kier alpha value is -1.88. The summed E-state index contributed by atoms with van der Waals surface area (Å²) in [5, 5.41) is 22.2. The number of carboxylic acids is 1. The number of carboxylic acid groups (broad SMARTS) is 1. The van der Waals surface area contributed by atoms with E-state index in [0.29, 0.717) is 19.3 Å². The fourth-order valence-corrected chi connectivity index (χ4v) is 3.58. The van der Waals surface area contributed by atoms with E-state index in [1.807, 2.05) is 24.3 Å². The summed E-state index contributed by atoms with van der Waals surface area (Å²) in [5.74, 6) is -2.23. The molecular formula is C16H19NO4. The Morgan fingerprint density at radius 1 is 1.14 bits per heavy atom. The van der Waals surface area contributed by atoms with Gasteiger partial charge in [0, 0.05) is 6.42 Å². The number of carbonyl (C=O) groups excluding carboxylic acids is 1.